The lowest BCUT2D eigenvalue weighted by Crippen LogP contribution is -1.90. The molecular weight excluding hydrogens is 356 g/mol. The van der Waals surface area contributed by atoms with Gasteiger partial charge in [0, 0.05) is 23.7 Å². The van der Waals surface area contributed by atoms with Gasteiger partial charge in [0.2, 0.25) is 0 Å². The molecule has 2 aromatic heterocycles. The fourth-order valence-electron chi connectivity index (χ4n) is 3.56. The summed E-state index contributed by atoms with van der Waals surface area (Å²) >= 11 is 0. The highest BCUT2D eigenvalue weighted by molar-refractivity contribution is 5.87. The topological polar surface area (TPSA) is 57.4 Å². The van der Waals surface area contributed by atoms with Crippen molar-refractivity contribution in [2.45, 2.75) is 6.42 Å². The second kappa shape index (κ2) is 7.24. The van der Waals surface area contributed by atoms with Gasteiger partial charge in [-0.05, 0) is 51.9 Å². The molecule has 0 amide bonds. The van der Waals surface area contributed by atoms with E-state index in [-0.39, 0.29) is 0 Å². The van der Waals surface area contributed by atoms with Gasteiger partial charge in [-0.2, -0.15) is 0 Å². The summed E-state index contributed by atoms with van der Waals surface area (Å²) in [5, 5.41) is 9.85. The molecule has 2 heterocycles. The Morgan fingerprint density at radius 3 is 2.59 bits per heavy atom. The number of aromatic nitrogens is 4. The van der Waals surface area contributed by atoms with Gasteiger partial charge < -0.3 is 9.97 Å². The molecule has 0 bridgehead atoms. The predicted molar refractivity (Wildman–Crippen MR) is 118 cm³/mol. The molecule has 0 saturated heterocycles. The van der Waals surface area contributed by atoms with Crippen LogP contribution in [0.15, 0.2) is 91.6 Å². The van der Waals surface area contributed by atoms with Gasteiger partial charge in [0.05, 0.1) is 0 Å². The zero-order valence-electron chi connectivity index (χ0n) is 15.9. The lowest BCUT2D eigenvalue weighted by Gasteiger charge is -2.08. The molecule has 140 valence electrons. The summed E-state index contributed by atoms with van der Waals surface area (Å²) in [6, 6.07) is 26.9. The van der Waals surface area contributed by atoms with Gasteiger partial charge in [0.15, 0.2) is 5.82 Å². The summed E-state index contributed by atoms with van der Waals surface area (Å²) in [6.07, 6.45) is 2.69. The van der Waals surface area contributed by atoms with Crippen molar-refractivity contribution in [3.8, 4) is 11.4 Å². The first-order valence-corrected chi connectivity index (χ1v) is 9.59. The van der Waals surface area contributed by atoms with Crippen LogP contribution in [0, 0.1) is 0 Å². The average molecular weight is 376 g/mol. The monoisotopic (exact) mass is 376 g/mol. The van der Waals surface area contributed by atoms with Crippen LogP contribution in [0.1, 0.15) is 22.5 Å². The van der Waals surface area contributed by atoms with Gasteiger partial charge in [0.1, 0.15) is 5.82 Å². The van der Waals surface area contributed by atoms with E-state index < -0.39 is 0 Å². The molecule has 29 heavy (non-hydrogen) atoms. The lowest BCUT2D eigenvalue weighted by molar-refractivity contribution is 0.973. The van der Waals surface area contributed by atoms with Crippen LogP contribution in [-0.4, -0.2) is 20.2 Å². The zero-order valence-corrected chi connectivity index (χ0v) is 15.9. The van der Waals surface area contributed by atoms with E-state index in [1.807, 2.05) is 36.5 Å². The Kier molecular flexibility index (Phi) is 4.30. The first-order valence-electron chi connectivity index (χ1n) is 9.59. The van der Waals surface area contributed by atoms with Crippen molar-refractivity contribution in [2.75, 3.05) is 0 Å². The SMILES string of the molecule is C=C(c1cccc(-c2nnc(Cc3ccccc3)[nH]2)c1)c1ccc2[nH]ccc2c1. The summed E-state index contributed by atoms with van der Waals surface area (Å²) in [5.41, 5.74) is 6.49. The molecule has 4 nitrogen and oxygen atoms in total. The van der Waals surface area contributed by atoms with Crippen molar-refractivity contribution in [3.05, 3.63) is 114 Å². The van der Waals surface area contributed by atoms with Gasteiger partial charge in [-0.25, -0.2) is 0 Å². The van der Waals surface area contributed by atoms with Crippen LogP contribution < -0.4 is 0 Å². The molecule has 0 saturated carbocycles. The van der Waals surface area contributed by atoms with Crippen LogP contribution in [0.25, 0.3) is 27.9 Å². The second-order valence-electron chi connectivity index (χ2n) is 7.12. The number of hydrogen-bond donors (Lipinski definition) is 2. The maximum atomic E-state index is 4.35. The molecule has 5 rings (SSSR count). The first-order chi connectivity index (χ1) is 14.3. The normalized spacial score (nSPS) is 11.0. The minimum absolute atomic E-state index is 0.733. The van der Waals surface area contributed by atoms with Gasteiger partial charge in [-0.1, -0.05) is 61.2 Å². The number of H-pyrrole nitrogens is 2. The molecule has 0 unspecified atom stereocenters. The number of aromatic amines is 2. The third-order valence-electron chi connectivity index (χ3n) is 5.13. The second-order valence-corrected chi connectivity index (χ2v) is 7.12. The Balaban J connectivity index is 1.41. The minimum atomic E-state index is 0.733. The standard InChI is InChI=1S/C25H20N4/c1-17(20-10-11-23-21(15-20)12-13-26-23)19-8-5-9-22(16-19)25-27-24(28-29-25)14-18-6-3-2-4-7-18/h2-13,15-16,26H,1,14H2,(H,27,28,29). The van der Waals surface area contributed by atoms with E-state index in [4.69, 9.17) is 0 Å². The van der Waals surface area contributed by atoms with Gasteiger partial charge in [-0.3, -0.25) is 0 Å². The predicted octanol–water partition coefficient (Wildman–Crippen LogP) is 5.61. The molecule has 4 heteroatoms. The summed E-state index contributed by atoms with van der Waals surface area (Å²) in [5.74, 6) is 1.63. The van der Waals surface area contributed by atoms with E-state index in [1.165, 1.54) is 10.9 Å². The Morgan fingerprint density at radius 1 is 0.828 bits per heavy atom. The van der Waals surface area contributed by atoms with E-state index in [0.717, 1.165) is 45.8 Å². The molecule has 5 aromatic rings. The van der Waals surface area contributed by atoms with Gasteiger partial charge in [0.25, 0.3) is 0 Å². The third kappa shape index (κ3) is 3.48. The third-order valence-corrected chi connectivity index (χ3v) is 5.13. The fourth-order valence-corrected chi connectivity index (χ4v) is 3.56. The lowest BCUT2D eigenvalue weighted by atomic mass is 9.97. The van der Waals surface area contributed by atoms with Crippen molar-refractivity contribution in [1.29, 1.82) is 0 Å². The Labute approximate surface area is 169 Å². The van der Waals surface area contributed by atoms with Crippen molar-refractivity contribution >= 4 is 16.5 Å². The van der Waals surface area contributed by atoms with Crippen molar-refractivity contribution in [3.63, 3.8) is 0 Å². The van der Waals surface area contributed by atoms with Crippen molar-refractivity contribution in [2.24, 2.45) is 0 Å². The number of benzene rings is 3. The van der Waals surface area contributed by atoms with Gasteiger partial charge in [-0.15, -0.1) is 10.2 Å². The summed E-state index contributed by atoms with van der Waals surface area (Å²) in [7, 11) is 0. The summed E-state index contributed by atoms with van der Waals surface area (Å²) < 4.78 is 0. The highest BCUT2D eigenvalue weighted by Crippen LogP contribution is 2.27. The van der Waals surface area contributed by atoms with Crippen LogP contribution in [0.4, 0.5) is 0 Å². The highest BCUT2D eigenvalue weighted by atomic mass is 15.2. The van der Waals surface area contributed by atoms with Gasteiger partial charge >= 0.3 is 0 Å². The van der Waals surface area contributed by atoms with Crippen LogP contribution in [-0.2, 0) is 6.42 Å². The van der Waals surface area contributed by atoms with Crippen LogP contribution in [0.5, 0.6) is 0 Å². The zero-order chi connectivity index (χ0) is 19.6. The molecule has 2 N–H and O–H groups in total. The molecule has 0 atom stereocenters. The Morgan fingerprint density at radius 2 is 1.69 bits per heavy atom. The molecule has 3 aromatic carbocycles. The number of rotatable bonds is 5. The molecular formula is C25H20N4. The maximum absolute atomic E-state index is 4.35. The van der Waals surface area contributed by atoms with E-state index >= 15 is 0 Å². The molecule has 0 fully saturated rings. The maximum Gasteiger partial charge on any atom is 0.161 e. The molecule has 0 aliphatic carbocycles. The molecule has 0 radical (unpaired) electrons. The number of nitrogens with one attached hydrogen (secondary N) is 2. The van der Waals surface area contributed by atoms with Crippen LogP contribution >= 0.6 is 0 Å². The molecule has 0 aliphatic rings. The average Bonchev–Trinajstić information content (AvgIpc) is 3.43. The Bertz CT molecular complexity index is 1290. The van der Waals surface area contributed by atoms with E-state index in [9.17, 15) is 0 Å². The fraction of sp³-hybridized carbons (Fsp3) is 0.0400. The Hall–Kier alpha value is -3.92. The van der Waals surface area contributed by atoms with Crippen LogP contribution in [0.2, 0.25) is 0 Å². The van der Waals surface area contributed by atoms with E-state index in [2.05, 4.69) is 75.3 Å². The quantitative estimate of drug-likeness (QED) is 0.419. The van der Waals surface area contributed by atoms with Crippen molar-refractivity contribution < 1.29 is 0 Å². The molecule has 0 aliphatic heterocycles. The number of nitrogens with zero attached hydrogens (tertiary/aromatic N) is 2. The van der Waals surface area contributed by atoms with E-state index in [1.54, 1.807) is 0 Å². The molecule has 0 spiro atoms. The number of hydrogen-bond acceptors (Lipinski definition) is 2. The van der Waals surface area contributed by atoms with E-state index in [0.29, 0.717) is 0 Å². The van der Waals surface area contributed by atoms with Crippen molar-refractivity contribution in [1.82, 2.24) is 20.2 Å². The largest absolute Gasteiger partial charge is 0.361 e. The number of fused-ring (bicyclic) bond motifs is 1. The minimum Gasteiger partial charge on any atom is -0.361 e. The summed E-state index contributed by atoms with van der Waals surface area (Å²) in [6.45, 7) is 4.33. The van der Waals surface area contributed by atoms with Crippen LogP contribution in [0.3, 0.4) is 0 Å². The summed E-state index contributed by atoms with van der Waals surface area (Å²) in [4.78, 5) is 6.58. The first kappa shape index (κ1) is 17.2. The highest BCUT2D eigenvalue weighted by Gasteiger charge is 2.09. The smallest absolute Gasteiger partial charge is 0.161 e.